The first-order valence-electron chi connectivity index (χ1n) is 12.7. The molecule has 39 heavy (non-hydrogen) atoms. The van der Waals surface area contributed by atoms with Gasteiger partial charge in [0, 0.05) is 19.2 Å². The molecule has 2 N–H and O–H groups in total. The number of carbonyl (C=O) groups excluding carboxylic acids is 1. The average molecular weight is 552 g/mol. The third kappa shape index (κ3) is 7.54. The fourth-order valence-corrected chi connectivity index (χ4v) is 4.56. The molecule has 2 aromatic carbocycles. The number of amides is 1. The molecule has 0 saturated heterocycles. The molecule has 0 radical (unpaired) electrons. The molecule has 3 aromatic rings. The van der Waals surface area contributed by atoms with Crippen molar-refractivity contribution in [1.29, 1.82) is 0 Å². The molecular formula is C29H36F2N3NaO4. The Morgan fingerprint density at radius 1 is 1.08 bits per heavy atom. The Bertz CT molecular complexity index is 1290. The molecule has 0 saturated carbocycles. The summed E-state index contributed by atoms with van der Waals surface area (Å²) in [5, 5.41) is 25.0. The molecule has 0 aliphatic carbocycles. The topological polar surface area (TPSA) is 95.7 Å². The number of aromatic nitrogens is 2. The molecule has 10 heteroatoms. The molecule has 0 aliphatic rings. The number of hydrogen-bond acceptors (Lipinski definition) is 4. The minimum absolute atomic E-state index is 0. The van der Waals surface area contributed by atoms with Crippen LogP contribution in [0.15, 0.2) is 42.5 Å². The normalized spacial score (nSPS) is 12.6. The molecule has 0 bridgehead atoms. The van der Waals surface area contributed by atoms with Crippen molar-refractivity contribution in [3.63, 3.8) is 0 Å². The zero-order valence-electron chi connectivity index (χ0n) is 22.4. The molecule has 2 atom stereocenters. The van der Waals surface area contributed by atoms with Crippen molar-refractivity contribution in [3.8, 4) is 5.69 Å². The first-order chi connectivity index (χ1) is 18.0. The molecule has 1 amide bonds. The van der Waals surface area contributed by atoms with Crippen LogP contribution in [0.25, 0.3) is 5.69 Å². The second-order valence-electron chi connectivity index (χ2n) is 9.91. The molecule has 0 fully saturated rings. The summed E-state index contributed by atoms with van der Waals surface area (Å²) >= 11 is 0. The van der Waals surface area contributed by atoms with Gasteiger partial charge in [-0.2, -0.15) is 5.10 Å². The van der Waals surface area contributed by atoms with Crippen LogP contribution in [-0.4, -0.2) is 79.5 Å². The number of benzene rings is 2. The molecule has 206 valence electrons. The summed E-state index contributed by atoms with van der Waals surface area (Å²) in [7, 11) is 1.58. The first kappa shape index (κ1) is 32.6. The van der Waals surface area contributed by atoms with Gasteiger partial charge in [-0.25, -0.2) is 13.5 Å². The van der Waals surface area contributed by atoms with E-state index in [1.165, 1.54) is 39.9 Å². The summed E-state index contributed by atoms with van der Waals surface area (Å²) in [5.41, 5.74) is 2.37. The number of hydrogen-bond donors (Lipinski definition) is 2. The quantitative estimate of drug-likeness (QED) is 0.330. The number of aliphatic carboxylic acids is 1. The standard InChI is InChI=1S/C29H35F2N3O4.Na.H/c1-6-22(35)14-15-23(29(37)38)27-25(17(2)3)26(32-34(27)21-12-10-20(30)11-13-21)28(36)33(5)16-19-8-7-9-24(31)18(19)4;;/h7-13,17,22-23,35H,6,14-16H2,1-5H3,(H,37,38);;. The number of carboxylic acids is 1. The van der Waals surface area contributed by atoms with Gasteiger partial charge in [-0.15, -0.1) is 0 Å². The maximum absolute atomic E-state index is 14.1. The van der Waals surface area contributed by atoms with Crippen LogP contribution in [0.1, 0.15) is 84.7 Å². The van der Waals surface area contributed by atoms with Crippen LogP contribution in [0.3, 0.4) is 0 Å². The molecule has 3 rings (SSSR count). The third-order valence-corrected chi connectivity index (χ3v) is 6.83. The van der Waals surface area contributed by atoms with Gasteiger partial charge >= 0.3 is 35.5 Å². The van der Waals surface area contributed by atoms with Gasteiger partial charge < -0.3 is 15.1 Å². The van der Waals surface area contributed by atoms with E-state index in [1.54, 1.807) is 26.1 Å². The minimum atomic E-state index is -1.11. The number of aliphatic hydroxyl groups excluding tert-OH is 1. The Balaban J connectivity index is 0.00000533. The fraction of sp³-hybridized carbons (Fsp3) is 0.414. The van der Waals surface area contributed by atoms with Gasteiger partial charge in [0.05, 0.1) is 23.4 Å². The van der Waals surface area contributed by atoms with Gasteiger partial charge in [-0.05, 0) is 73.6 Å². The predicted octanol–water partition coefficient (Wildman–Crippen LogP) is 4.93. The van der Waals surface area contributed by atoms with Crippen molar-refractivity contribution in [2.45, 2.75) is 71.4 Å². The molecule has 7 nitrogen and oxygen atoms in total. The van der Waals surface area contributed by atoms with Crippen molar-refractivity contribution in [1.82, 2.24) is 14.7 Å². The SMILES string of the molecule is CCC(O)CCC(C(=O)O)c1c(C(C)C)c(C(=O)N(C)Cc2cccc(F)c2C)nn1-c1ccc(F)cc1.[NaH]. The van der Waals surface area contributed by atoms with Gasteiger partial charge in [-0.3, -0.25) is 9.59 Å². The summed E-state index contributed by atoms with van der Waals surface area (Å²) < 4.78 is 29.2. The Labute approximate surface area is 250 Å². The van der Waals surface area contributed by atoms with E-state index in [0.717, 1.165) is 0 Å². The van der Waals surface area contributed by atoms with Gasteiger partial charge in [-0.1, -0.05) is 32.9 Å². The summed E-state index contributed by atoms with van der Waals surface area (Å²) in [6.07, 6.45) is 0.197. The van der Waals surface area contributed by atoms with E-state index >= 15 is 0 Å². The Morgan fingerprint density at radius 2 is 1.72 bits per heavy atom. The Kier molecular flexibility index (Phi) is 11.8. The average Bonchev–Trinajstić information content (AvgIpc) is 3.27. The number of carboxylic acid groups (broad SMARTS) is 1. The third-order valence-electron chi connectivity index (χ3n) is 6.83. The van der Waals surface area contributed by atoms with E-state index in [2.05, 4.69) is 5.10 Å². The first-order valence-corrected chi connectivity index (χ1v) is 12.7. The second-order valence-corrected chi connectivity index (χ2v) is 9.91. The zero-order chi connectivity index (χ0) is 28.1. The van der Waals surface area contributed by atoms with E-state index < -0.39 is 29.7 Å². The number of rotatable bonds is 11. The summed E-state index contributed by atoms with van der Waals surface area (Å²) in [4.78, 5) is 27.7. The van der Waals surface area contributed by atoms with Crippen LogP contribution >= 0.6 is 0 Å². The van der Waals surface area contributed by atoms with Crippen molar-refractivity contribution in [2.24, 2.45) is 0 Å². The Hall–Kier alpha value is -2.59. The van der Waals surface area contributed by atoms with E-state index in [9.17, 15) is 28.6 Å². The van der Waals surface area contributed by atoms with Crippen molar-refractivity contribution < 1.29 is 28.6 Å². The second kappa shape index (κ2) is 14.2. The Morgan fingerprint density at radius 3 is 2.28 bits per heavy atom. The van der Waals surface area contributed by atoms with Gasteiger partial charge in [0.1, 0.15) is 11.6 Å². The van der Waals surface area contributed by atoms with Crippen LogP contribution in [0, 0.1) is 18.6 Å². The van der Waals surface area contributed by atoms with E-state index in [4.69, 9.17) is 0 Å². The van der Waals surface area contributed by atoms with E-state index in [1.807, 2.05) is 20.8 Å². The number of carbonyl (C=O) groups is 2. The predicted molar refractivity (Wildman–Crippen MR) is 148 cm³/mol. The van der Waals surface area contributed by atoms with Crippen LogP contribution in [0.5, 0.6) is 0 Å². The molecule has 2 unspecified atom stereocenters. The van der Waals surface area contributed by atoms with Crippen molar-refractivity contribution in [3.05, 3.63) is 82.2 Å². The monoisotopic (exact) mass is 551 g/mol. The van der Waals surface area contributed by atoms with Crippen LogP contribution in [0.2, 0.25) is 0 Å². The fourth-order valence-electron chi connectivity index (χ4n) is 4.56. The molecule has 0 spiro atoms. The van der Waals surface area contributed by atoms with Crippen LogP contribution < -0.4 is 0 Å². The van der Waals surface area contributed by atoms with Gasteiger partial charge in [0.15, 0.2) is 5.69 Å². The van der Waals surface area contributed by atoms with Crippen LogP contribution in [0.4, 0.5) is 8.78 Å². The maximum atomic E-state index is 14.1. The molecule has 1 heterocycles. The number of halogens is 2. The van der Waals surface area contributed by atoms with Gasteiger partial charge in [0.2, 0.25) is 0 Å². The van der Waals surface area contributed by atoms with Gasteiger partial charge in [0.25, 0.3) is 5.91 Å². The van der Waals surface area contributed by atoms with Crippen molar-refractivity contribution >= 4 is 41.4 Å². The number of nitrogens with zero attached hydrogens (tertiary/aromatic N) is 3. The van der Waals surface area contributed by atoms with Crippen LogP contribution in [-0.2, 0) is 11.3 Å². The molecule has 1 aromatic heterocycles. The molecular weight excluding hydrogens is 515 g/mol. The van der Waals surface area contributed by atoms with E-state index in [0.29, 0.717) is 34.5 Å². The zero-order valence-corrected chi connectivity index (χ0v) is 22.4. The summed E-state index contributed by atoms with van der Waals surface area (Å²) in [5.74, 6) is -3.73. The molecule has 0 aliphatic heterocycles. The van der Waals surface area contributed by atoms with E-state index in [-0.39, 0.29) is 66.4 Å². The number of aliphatic hydroxyl groups is 1. The van der Waals surface area contributed by atoms with Crippen molar-refractivity contribution in [2.75, 3.05) is 7.05 Å². The summed E-state index contributed by atoms with van der Waals surface area (Å²) in [6.45, 7) is 7.29. The summed E-state index contributed by atoms with van der Waals surface area (Å²) in [6, 6.07) is 10.1.